The SMILES string of the molecule is Cc1ncc(Br)c(=O)n1Cc1ccccc1. The van der Waals surface area contributed by atoms with Gasteiger partial charge in [0.1, 0.15) is 10.3 Å². The molecule has 1 heterocycles. The van der Waals surface area contributed by atoms with Crippen LogP contribution in [-0.4, -0.2) is 9.55 Å². The topological polar surface area (TPSA) is 34.9 Å². The Balaban J connectivity index is 2.43. The summed E-state index contributed by atoms with van der Waals surface area (Å²) in [5.74, 6) is 0.719. The molecule has 0 amide bonds. The lowest BCUT2D eigenvalue weighted by Crippen LogP contribution is -2.24. The molecule has 16 heavy (non-hydrogen) atoms. The molecule has 0 N–H and O–H groups in total. The third kappa shape index (κ3) is 2.22. The predicted molar refractivity (Wildman–Crippen MR) is 66.5 cm³/mol. The van der Waals surface area contributed by atoms with Gasteiger partial charge in [-0.3, -0.25) is 9.36 Å². The fourth-order valence-electron chi connectivity index (χ4n) is 1.50. The van der Waals surface area contributed by atoms with Crippen LogP contribution in [0.1, 0.15) is 11.4 Å². The van der Waals surface area contributed by atoms with Crippen LogP contribution in [-0.2, 0) is 6.54 Å². The van der Waals surface area contributed by atoms with Crippen molar-refractivity contribution in [3.63, 3.8) is 0 Å². The van der Waals surface area contributed by atoms with E-state index in [0.717, 1.165) is 11.4 Å². The molecule has 0 aliphatic heterocycles. The van der Waals surface area contributed by atoms with Crippen LogP contribution < -0.4 is 5.56 Å². The van der Waals surface area contributed by atoms with Gasteiger partial charge >= 0.3 is 0 Å². The van der Waals surface area contributed by atoms with Crippen LogP contribution in [0.5, 0.6) is 0 Å². The van der Waals surface area contributed by atoms with Gasteiger partial charge in [-0.15, -0.1) is 0 Å². The molecule has 4 heteroatoms. The van der Waals surface area contributed by atoms with E-state index in [1.54, 1.807) is 10.8 Å². The van der Waals surface area contributed by atoms with Crippen molar-refractivity contribution in [2.75, 3.05) is 0 Å². The molecular formula is C12H11BrN2O. The first-order valence-electron chi connectivity index (χ1n) is 4.94. The van der Waals surface area contributed by atoms with E-state index in [4.69, 9.17) is 0 Å². The molecule has 0 spiro atoms. The summed E-state index contributed by atoms with van der Waals surface area (Å²) in [5, 5.41) is 0. The minimum Gasteiger partial charge on any atom is -0.291 e. The van der Waals surface area contributed by atoms with Crippen LogP contribution in [0.25, 0.3) is 0 Å². The molecule has 2 aromatic rings. The number of hydrogen-bond acceptors (Lipinski definition) is 2. The zero-order valence-electron chi connectivity index (χ0n) is 8.85. The summed E-state index contributed by atoms with van der Waals surface area (Å²) in [4.78, 5) is 16.0. The van der Waals surface area contributed by atoms with Crippen LogP contribution in [0.3, 0.4) is 0 Å². The smallest absolute Gasteiger partial charge is 0.268 e. The maximum atomic E-state index is 11.9. The Morgan fingerprint density at radius 2 is 2.00 bits per heavy atom. The van der Waals surface area contributed by atoms with Crippen LogP contribution in [0.2, 0.25) is 0 Å². The van der Waals surface area contributed by atoms with Gasteiger partial charge in [0.15, 0.2) is 0 Å². The van der Waals surface area contributed by atoms with E-state index in [9.17, 15) is 4.79 Å². The molecule has 0 radical (unpaired) electrons. The quantitative estimate of drug-likeness (QED) is 0.845. The van der Waals surface area contributed by atoms with Crippen molar-refractivity contribution < 1.29 is 0 Å². The van der Waals surface area contributed by atoms with Crippen molar-refractivity contribution >= 4 is 15.9 Å². The zero-order valence-corrected chi connectivity index (χ0v) is 10.4. The van der Waals surface area contributed by atoms with Gasteiger partial charge in [-0.2, -0.15) is 0 Å². The molecule has 0 bridgehead atoms. The lowest BCUT2D eigenvalue weighted by Gasteiger charge is -2.09. The molecule has 0 fully saturated rings. The summed E-state index contributed by atoms with van der Waals surface area (Å²) in [5.41, 5.74) is 1.05. The average Bonchev–Trinajstić information content (AvgIpc) is 2.31. The van der Waals surface area contributed by atoms with Gasteiger partial charge in [-0.1, -0.05) is 30.3 Å². The monoisotopic (exact) mass is 278 g/mol. The molecular weight excluding hydrogens is 268 g/mol. The Labute approximate surface area is 102 Å². The number of hydrogen-bond donors (Lipinski definition) is 0. The fourth-order valence-corrected chi connectivity index (χ4v) is 1.82. The van der Waals surface area contributed by atoms with Gasteiger partial charge in [0.2, 0.25) is 0 Å². The van der Waals surface area contributed by atoms with Gasteiger partial charge in [-0.25, -0.2) is 4.98 Å². The van der Waals surface area contributed by atoms with E-state index < -0.39 is 0 Å². The molecule has 82 valence electrons. The van der Waals surface area contributed by atoms with Crippen molar-refractivity contribution in [3.8, 4) is 0 Å². The summed E-state index contributed by atoms with van der Waals surface area (Å²) in [6.07, 6.45) is 1.54. The summed E-state index contributed by atoms with van der Waals surface area (Å²) < 4.78 is 2.15. The Morgan fingerprint density at radius 3 is 2.69 bits per heavy atom. The van der Waals surface area contributed by atoms with Gasteiger partial charge in [-0.05, 0) is 28.4 Å². The van der Waals surface area contributed by atoms with Gasteiger partial charge in [0.05, 0.1) is 6.54 Å². The number of aryl methyl sites for hydroxylation is 1. The first-order chi connectivity index (χ1) is 7.68. The van der Waals surface area contributed by atoms with Crippen LogP contribution in [0.4, 0.5) is 0 Å². The third-order valence-electron chi connectivity index (χ3n) is 2.39. The summed E-state index contributed by atoms with van der Waals surface area (Å²) >= 11 is 3.20. The van der Waals surface area contributed by atoms with Crippen LogP contribution in [0.15, 0.2) is 45.8 Å². The minimum absolute atomic E-state index is 0.0450. The van der Waals surface area contributed by atoms with Crippen molar-refractivity contribution in [3.05, 3.63) is 62.7 Å². The average molecular weight is 279 g/mol. The molecule has 0 saturated carbocycles. The van der Waals surface area contributed by atoms with E-state index in [2.05, 4.69) is 20.9 Å². The zero-order chi connectivity index (χ0) is 11.5. The van der Waals surface area contributed by atoms with Gasteiger partial charge < -0.3 is 0 Å². The van der Waals surface area contributed by atoms with E-state index in [-0.39, 0.29) is 5.56 Å². The van der Waals surface area contributed by atoms with Crippen molar-refractivity contribution in [1.29, 1.82) is 0 Å². The Kier molecular flexibility index (Phi) is 3.19. The highest BCUT2D eigenvalue weighted by Gasteiger charge is 2.05. The Morgan fingerprint density at radius 1 is 1.31 bits per heavy atom. The lowest BCUT2D eigenvalue weighted by molar-refractivity contribution is 0.695. The first kappa shape index (κ1) is 11.1. The van der Waals surface area contributed by atoms with E-state index in [1.807, 2.05) is 37.3 Å². The number of rotatable bonds is 2. The molecule has 1 aromatic heterocycles. The second-order valence-corrected chi connectivity index (χ2v) is 4.38. The van der Waals surface area contributed by atoms with Crippen LogP contribution in [0, 0.1) is 6.92 Å². The van der Waals surface area contributed by atoms with E-state index >= 15 is 0 Å². The van der Waals surface area contributed by atoms with Gasteiger partial charge in [0.25, 0.3) is 5.56 Å². The van der Waals surface area contributed by atoms with Gasteiger partial charge in [0, 0.05) is 6.20 Å². The third-order valence-corrected chi connectivity index (χ3v) is 2.93. The minimum atomic E-state index is -0.0450. The molecule has 1 aromatic carbocycles. The fraction of sp³-hybridized carbons (Fsp3) is 0.167. The predicted octanol–water partition coefficient (Wildman–Crippen LogP) is 2.36. The second kappa shape index (κ2) is 4.61. The maximum absolute atomic E-state index is 11.9. The number of nitrogens with zero attached hydrogens (tertiary/aromatic N) is 2. The molecule has 0 atom stereocenters. The molecule has 2 rings (SSSR count). The molecule has 3 nitrogen and oxygen atoms in total. The molecule has 0 saturated heterocycles. The summed E-state index contributed by atoms with van der Waals surface area (Å²) in [6, 6.07) is 9.86. The first-order valence-corrected chi connectivity index (χ1v) is 5.73. The Hall–Kier alpha value is -1.42. The van der Waals surface area contributed by atoms with E-state index in [0.29, 0.717) is 11.0 Å². The largest absolute Gasteiger partial charge is 0.291 e. The highest BCUT2D eigenvalue weighted by molar-refractivity contribution is 9.10. The summed E-state index contributed by atoms with van der Waals surface area (Å²) in [6.45, 7) is 2.38. The normalized spacial score (nSPS) is 10.4. The number of benzene rings is 1. The van der Waals surface area contributed by atoms with E-state index in [1.165, 1.54) is 0 Å². The summed E-state index contributed by atoms with van der Waals surface area (Å²) in [7, 11) is 0. The van der Waals surface area contributed by atoms with Crippen LogP contribution >= 0.6 is 15.9 Å². The van der Waals surface area contributed by atoms with Crippen molar-refractivity contribution in [2.24, 2.45) is 0 Å². The Bertz CT molecular complexity index is 549. The lowest BCUT2D eigenvalue weighted by atomic mass is 10.2. The second-order valence-electron chi connectivity index (χ2n) is 3.53. The standard InChI is InChI=1S/C12H11BrN2O/c1-9-14-7-11(13)12(16)15(9)8-10-5-3-2-4-6-10/h2-7H,8H2,1H3. The molecule has 0 aliphatic carbocycles. The van der Waals surface area contributed by atoms with Crippen molar-refractivity contribution in [1.82, 2.24) is 9.55 Å². The highest BCUT2D eigenvalue weighted by Crippen LogP contribution is 2.05. The highest BCUT2D eigenvalue weighted by atomic mass is 79.9. The molecule has 0 unspecified atom stereocenters. The van der Waals surface area contributed by atoms with Crippen molar-refractivity contribution in [2.45, 2.75) is 13.5 Å². The number of halogens is 1. The molecule has 0 aliphatic rings. The number of aromatic nitrogens is 2. The maximum Gasteiger partial charge on any atom is 0.268 e.